The SMILES string of the molecule is Cc1cc2c(-c3cnn4cc(N5C[C@H]6CN(C)C[C@H]6C5)cnc34)ccnc2cc1F. The van der Waals surface area contributed by atoms with Crippen molar-refractivity contribution < 1.29 is 4.39 Å². The molecule has 6 nitrogen and oxygen atoms in total. The number of halogens is 1. The van der Waals surface area contributed by atoms with E-state index in [2.05, 4.69) is 33.1 Å². The molecule has 0 amide bonds. The van der Waals surface area contributed by atoms with Gasteiger partial charge in [0.2, 0.25) is 0 Å². The monoisotopic (exact) mass is 402 g/mol. The average molecular weight is 402 g/mol. The van der Waals surface area contributed by atoms with E-state index in [0.29, 0.717) is 11.1 Å². The van der Waals surface area contributed by atoms with E-state index >= 15 is 0 Å². The van der Waals surface area contributed by atoms with Crippen LogP contribution in [0.25, 0.3) is 27.7 Å². The third-order valence-corrected chi connectivity index (χ3v) is 6.69. The number of hydrogen-bond donors (Lipinski definition) is 0. The zero-order valence-electron chi connectivity index (χ0n) is 17.1. The normalized spacial score (nSPS) is 21.8. The molecule has 2 fully saturated rings. The van der Waals surface area contributed by atoms with Gasteiger partial charge in [0.15, 0.2) is 5.65 Å². The van der Waals surface area contributed by atoms with Gasteiger partial charge in [-0.3, -0.25) is 4.98 Å². The number of aryl methyl sites for hydroxylation is 1. The van der Waals surface area contributed by atoms with Gasteiger partial charge in [0.25, 0.3) is 0 Å². The maximum atomic E-state index is 14.0. The van der Waals surface area contributed by atoms with Crippen molar-refractivity contribution in [3.8, 4) is 11.1 Å². The third kappa shape index (κ3) is 2.69. The molecule has 3 aromatic heterocycles. The number of rotatable bonds is 2. The minimum atomic E-state index is -0.239. The first-order valence-electron chi connectivity index (χ1n) is 10.4. The molecule has 6 rings (SSSR count). The van der Waals surface area contributed by atoms with E-state index < -0.39 is 0 Å². The molecule has 2 aliphatic heterocycles. The van der Waals surface area contributed by atoms with Crippen LogP contribution in [0.15, 0.2) is 43.0 Å². The van der Waals surface area contributed by atoms with Crippen molar-refractivity contribution in [1.29, 1.82) is 0 Å². The van der Waals surface area contributed by atoms with Crippen molar-refractivity contribution in [3.63, 3.8) is 0 Å². The van der Waals surface area contributed by atoms with Gasteiger partial charge in [0.1, 0.15) is 5.82 Å². The number of aromatic nitrogens is 4. The fourth-order valence-electron chi connectivity index (χ4n) is 5.17. The summed E-state index contributed by atoms with van der Waals surface area (Å²) in [6.45, 7) is 6.29. The molecule has 7 heteroatoms. The summed E-state index contributed by atoms with van der Waals surface area (Å²) in [5, 5.41) is 5.49. The largest absolute Gasteiger partial charge is 0.368 e. The van der Waals surface area contributed by atoms with Gasteiger partial charge in [0, 0.05) is 49.4 Å². The number of pyridine rings is 1. The van der Waals surface area contributed by atoms with Crippen molar-refractivity contribution >= 4 is 22.2 Å². The molecule has 1 aromatic carbocycles. The minimum Gasteiger partial charge on any atom is -0.368 e. The Morgan fingerprint density at radius 1 is 1.00 bits per heavy atom. The number of hydrogen-bond acceptors (Lipinski definition) is 5. The van der Waals surface area contributed by atoms with E-state index in [9.17, 15) is 4.39 Å². The molecule has 0 saturated carbocycles. The maximum absolute atomic E-state index is 14.0. The van der Waals surface area contributed by atoms with Gasteiger partial charge in [0.05, 0.1) is 29.8 Å². The second-order valence-corrected chi connectivity index (χ2v) is 8.76. The maximum Gasteiger partial charge on any atom is 0.162 e. The van der Waals surface area contributed by atoms with Gasteiger partial charge in [-0.25, -0.2) is 13.9 Å². The fraction of sp³-hybridized carbons (Fsp3) is 0.348. The van der Waals surface area contributed by atoms with Crippen LogP contribution in [-0.2, 0) is 0 Å². The lowest BCUT2D eigenvalue weighted by atomic mass is 10.0. The number of fused-ring (bicyclic) bond motifs is 3. The van der Waals surface area contributed by atoms with Crippen LogP contribution < -0.4 is 4.90 Å². The van der Waals surface area contributed by atoms with E-state index in [1.54, 1.807) is 13.1 Å². The molecule has 2 atom stereocenters. The molecule has 2 aliphatic rings. The van der Waals surface area contributed by atoms with Gasteiger partial charge < -0.3 is 9.80 Å². The highest BCUT2D eigenvalue weighted by atomic mass is 19.1. The predicted molar refractivity (Wildman–Crippen MR) is 115 cm³/mol. The van der Waals surface area contributed by atoms with Crippen LogP contribution >= 0.6 is 0 Å². The highest BCUT2D eigenvalue weighted by Gasteiger charge is 2.38. The molecule has 4 aromatic rings. The van der Waals surface area contributed by atoms with E-state index in [1.165, 1.54) is 19.2 Å². The first-order valence-corrected chi connectivity index (χ1v) is 10.4. The predicted octanol–water partition coefficient (Wildman–Crippen LogP) is 3.39. The molecular formula is C23H23FN6. The van der Waals surface area contributed by atoms with Gasteiger partial charge in [-0.2, -0.15) is 5.10 Å². The van der Waals surface area contributed by atoms with Gasteiger partial charge in [-0.05, 0) is 49.1 Å². The second kappa shape index (κ2) is 6.47. The van der Waals surface area contributed by atoms with Crippen LogP contribution in [0.5, 0.6) is 0 Å². The van der Waals surface area contributed by atoms with Crippen LogP contribution in [0, 0.1) is 24.6 Å². The Morgan fingerprint density at radius 3 is 2.60 bits per heavy atom. The Hall–Kier alpha value is -3.06. The lowest BCUT2D eigenvalue weighted by Crippen LogP contribution is -2.26. The highest BCUT2D eigenvalue weighted by Crippen LogP contribution is 2.35. The molecular weight excluding hydrogens is 379 g/mol. The lowest BCUT2D eigenvalue weighted by Gasteiger charge is -2.20. The summed E-state index contributed by atoms with van der Waals surface area (Å²) in [7, 11) is 2.21. The molecule has 0 bridgehead atoms. The van der Waals surface area contributed by atoms with Crippen molar-refractivity contribution in [2.75, 3.05) is 38.1 Å². The standard InChI is InChI=1S/C23H23FN6/c1-14-5-19-18(3-4-25-22(19)6-21(14)24)20-8-27-30-13-17(7-26-23(20)30)29-11-15-9-28(2)10-16(15)12-29/h3-8,13,15-16H,9-12H2,1-2H3/t15-,16+. The molecule has 0 radical (unpaired) electrons. The third-order valence-electron chi connectivity index (χ3n) is 6.69. The van der Waals surface area contributed by atoms with Crippen molar-refractivity contribution in [1.82, 2.24) is 24.5 Å². The molecule has 30 heavy (non-hydrogen) atoms. The van der Waals surface area contributed by atoms with Crippen molar-refractivity contribution in [2.45, 2.75) is 6.92 Å². The molecule has 0 aliphatic carbocycles. The van der Waals surface area contributed by atoms with E-state index in [1.807, 2.05) is 29.0 Å². The van der Waals surface area contributed by atoms with Gasteiger partial charge in [-0.1, -0.05) is 0 Å². The van der Waals surface area contributed by atoms with E-state index in [4.69, 9.17) is 4.98 Å². The first kappa shape index (κ1) is 17.8. The average Bonchev–Trinajstić information content (AvgIpc) is 3.40. The summed E-state index contributed by atoms with van der Waals surface area (Å²) in [6, 6.07) is 5.29. The van der Waals surface area contributed by atoms with Crippen molar-refractivity contribution in [2.24, 2.45) is 11.8 Å². The smallest absolute Gasteiger partial charge is 0.162 e. The summed E-state index contributed by atoms with van der Waals surface area (Å²) in [5.74, 6) is 1.24. The van der Waals surface area contributed by atoms with Crippen LogP contribution in [-0.4, -0.2) is 57.7 Å². The Bertz CT molecular complexity index is 1270. The van der Waals surface area contributed by atoms with Crippen LogP contribution in [0.3, 0.4) is 0 Å². The molecule has 152 valence electrons. The molecule has 5 heterocycles. The number of anilines is 1. The Labute approximate surface area is 174 Å². The Balaban J connectivity index is 1.39. The van der Waals surface area contributed by atoms with E-state index in [-0.39, 0.29) is 5.82 Å². The summed E-state index contributed by atoms with van der Waals surface area (Å²) >= 11 is 0. The minimum absolute atomic E-state index is 0.239. The fourth-order valence-corrected chi connectivity index (χ4v) is 5.17. The van der Waals surface area contributed by atoms with Crippen LogP contribution in [0.1, 0.15) is 5.56 Å². The number of likely N-dealkylation sites (tertiary alicyclic amines) is 1. The Kier molecular flexibility index (Phi) is 3.83. The molecule has 0 N–H and O–H groups in total. The van der Waals surface area contributed by atoms with Crippen molar-refractivity contribution in [3.05, 3.63) is 54.4 Å². The zero-order chi connectivity index (χ0) is 20.4. The quantitative estimate of drug-likeness (QED) is 0.514. The van der Waals surface area contributed by atoms with Crippen LogP contribution in [0.2, 0.25) is 0 Å². The Morgan fingerprint density at radius 2 is 1.80 bits per heavy atom. The lowest BCUT2D eigenvalue weighted by molar-refractivity contribution is 0.387. The summed E-state index contributed by atoms with van der Waals surface area (Å²) in [4.78, 5) is 14.0. The molecule has 0 spiro atoms. The van der Waals surface area contributed by atoms with Gasteiger partial charge >= 0.3 is 0 Å². The zero-order valence-corrected chi connectivity index (χ0v) is 17.1. The summed E-state index contributed by atoms with van der Waals surface area (Å²) in [5.41, 5.74) is 5.06. The van der Waals surface area contributed by atoms with E-state index in [0.717, 1.165) is 52.8 Å². The summed E-state index contributed by atoms with van der Waals surface area (Å²) in [6.07, 6.45) is 7.59. The number of benzene rings is 1. The number of nitrogens with zero attached hydrogens (tertiary/aromatic N) is 6. The first-order chi connectivity index (χ1) is 14.6. The molecule has 0 unspecified atom stereocenters. The topological polar surface area (TPSA) is 49.6 Å². The summed E-state index contributed by atoms with van der Waals surface area (Å²) < 4.78 is 15.9. The second-order valence-electron chi connectivity index (χ2n) is 8.76. The van der Waals surface area contributed by atoms with Gasteiger partial charge in [-0.15, -0.1) is 0 Å². The highest BCUT2D eigenvalue weighted by molar-refractivity contribution is 5.98. The van der Waals surface area contributed by atoms with Crippen LogP contribution in [0.4, 0.5) is 10.1 Å². The molecule has 2 saturated heterocycles.